The lowest BCUT2D eigenvalue weighted by atomic mass is 10.9. The van der Waals surface area contributed by atoms with Crippen LogP contribution in [0.2, 0.25) is 6.55 Å². The van der Waals surface area contributed by atoms with Crippen LogP contribution in [0.4, 0.5) is 0 Å². The van der Waals surface area contributed by atoms with E-state index in [1.54, 1.807) is 6.55 Å². The second-order valence-electron chi connectivity index (χ2n) is 1.76. The fraction of sp³-hybridized carbons (Fsp3) is 1.00. The Labute approximate surface area is 57.0 Å². The van der Waals surface area contributed by atoms with Crippen molar-refractivity contribution in [2.75, 3.05) is 13.2 Å². The molecular formula is C5H14O3Si. The fourth-order valence-electron chi connectivity index (χ4n) is 0.577. The van der Waals surface area contributed by atoms with Crippen molar-refractivity contribution in [2.45, 2.75) is 20.4 Å². The van der Waals surface area contributed by atoms with E-state index in [2.05, 4.69) is 0 Å². The monoisotopic (exact) mass is 150 g/mol. The molecule has 0 aromatic heterocycles. The van der Waals surface area contributed by atoms with E-state index in [0.717, 1.165) is 0 Å². The van der Waals surface area contributed by atoms with Crippen LogP contribution in [0.15, 0.2) is 0 Å². The third-order valence-electron chi connectivity index (χ3n) is 0.824. The lowest BCUT2D eigenvalue weighted by Crippen LogP contribution is -2.38. The summed E-state index contributed by atoms with van der Waals surface area (Å²) >= 11 is 0. The van der Waals surface area contributed by atoms with Gasteiger partial charge in [-0.25, -0.2) is 0 Å². The van der Waals surface area contributed by atoms with E-state index in [4.69, 9.17) is 8.85 Å². The van der Waals surface area contributed by atoms with Crippen molar-refractivity contribution in [3.8, 4) is 0 Å². The molecule has 0 radical (unpaired) electrons. The van der Waals surface area contributed by atoms with E-state index in [0.29, 0.717) is 13.2 Å². The highest BCUT2D eigenvalue weighted by molar-refractivity contribution is 6.57. The number of rotatable bonds is 4. The topological polar surface area (TPSA) is 38.7 Å². The molecule has 0 aliphatic rings. The van der Waals surface area contributed by atoms with E-state index in [-0.39, 0.29) is 0 Å². The van der Waals surface area contributed by atoms with Crippen LogP contribution in [0.3, 0.4) is 0 Å². The van der Waals surface area contributed by atoms with Crippen LogP contribution in [0.25, 0.3) is 0 Å². The minimum Gasteiger partial charge on any atom is -0.390 e. The molecule has 0 aliphatic heterocycles. The van der Waals surface area contributed by atoms with Gasteiger partial charge in [0.2, 0.25) is 0 Å². The molecule has 0 spiro atoms. The maximum absolute atomic E-state index is 9.21. The average Bonchev–Trinajstić information content (AvgIpc) is 1.64. The first-order valence-electron chi connectivity index (χ1n) is 3.12. The van der Waals surface area contributed by atoms with E-state index >= 15 is 0 Å². The van der Waals surface area contributed by atoms with Crippen LogP contribution in [-0.2, 0) is 8.85 Å². The van der Waals surface area contributed by atoms with Gasteiger partial charge < -0.3 is 13.6 Å². The van der Waals surface area contributed by atoms with Crippen molar-refractivity contribution in [3.05, 3.63) is 0 Å². The molecule has 0 fully saturated rings. The van der Waals surface area contributed by atoms with Gasteiger partial charge in [0.1, 0.15) is 0 Å². The Bertz CT molecular complexity index is 66.6. The zero-order valence-electron chi connectivity index (χ0n) is 6.18. The molecule has 0 aromatic rings. The lowest BCUT2D eigenvalue weighted by Gasteiger charge is -2.17. The largest absolute Gasteiger partial charge is 0.494 e. The highest BCUT2D eigenvalue weighted by Crippen LogP contribution is 2.00. The molecule has 0 amide bonds. The first-order valence-corrected chi connectivity index (χ1v) is 5.39. The summed E-state index contributed by atoms with van der Waals surface area (Å²) in [5.41, 5.74) is 0. The second-order valence-corrected chi connectivity index (χ2v) is 4.14. The Morgan fingerprint density at radius 3 is 1.78 bits per heavy atom. The summed E-state index contributed by atoms with van der Waals surface area (Å²) in [6, 6.07) is 0. The van der Waals surface area contributed by atoms with Gasteiger partial charge in [-0.05, 0) is 13.8 Å². The first kappa shape index (κ1) is 9.10. The van der Waals surface area contributed by atoms with Crippen LogP contribution in [0.1, 0.15) is 13.8 Å². The standard InChI is InChI=1S/C5H14O3Si/c1-4-7-9(3,6)8-5-2/h6H,4-5H2,1-3H3. The highest BCUT2D eigenvalue weighted by atomic mass is 28.4. The van der Waals surface area contributed by atoms with Crippen LogP contribution in [0, 0.1) is 0 Å². The van der Waals surface area contributed by atoms with E-state index in [9.17, 15) is 4.80 Å². The quantitative estimate of drug-likeness (QED) is 0.597. The molecule has 56 valence electrons. The van der Waals surface area contributed by atoms with Gasteiger partial charge in [-0.3, -0.25) is 0 Å². The van der Waals surface area contributed by atoms with E-state index in [1.165, 1.54) is 0 Å². The van der Waals surface area contributed by atoms with Gasteiger partial charge >= 0.3 is 8.80 Å². The van der Waals surface area contributed by atoms with Gasteiger partial charge in [-0.1, -0.05) is 0 Å². The summed E-state index contributed by atoms with van der Waals surface area (Å²) in [6.07, 6.45) is 0. The van der Waals surface area contributed by atoms with Gasteiger partial charge in [-0.15, -0.1) is 0 Å². The third-order valence-corrected chi connectivity index (χ3v) is 2.47. The molecule has 0 aromatic carbocycles. The van der Waals surface area contributed by atoms with Crippen LogP contribution >= 0.6 is 0 Å². The van der Waals surface area contributed by atoms with Gasteiger partial charge in [-0.2, -0.15) is 0 Å². The summed E-state index contributed by atoms with van der Waals surface area (Å²) in [5.74, 6) is 0. The van der Waals surface area contributed by atoms with E-state index < -0.39 is 8.80 Å². The molecule has 0 saturated carbocycles. The molecular weight excluding hydrogens is 136 g/mol. The summed E-state index contributed by atoms with van der Waals surface area (Å²) in [4.78, 5) is 9.21. The van der Waals surface area contributed by atoms with Gasteiger partial charge in [0, 0.05) is 19.8 Å². The molecule has 0 bridgehead atoms. The molecule has 4 heteroatoms. The maximum Gasteiger partial charge on any atom is 0.494 e. The van der Waals surface area contributed by atoms with Crippen molar-refractivity contribution in [1.29, 1.82) is 0 Å². The van der Waals surface area contributed by atoms with Crippen molar-refractivity contribution >= 4 is 8.80 Å². The zero-order chi connectivity index (χ0) is 7.33. The Morgan fingerprint density at radius 1 is 1.22 bits per heavy atom. The lowest BCUT2D eigenvalue weighted by molar-refractivity contribution is 0.116. The predicted octanol–water partition coefficient (Wildman–Crippen LogP) is 0.620. The molecule has 1 N–H and O–H groups in total. The molecule has 3 nitrogen and oxygen atoms in total. The molecule has 0 rings (SSSR count). The summed E-state index contributed by atoms with van der Waals surface area (Å²) < 4.78 is 9.88. The van der Waals surface area contributed by atoms with Gasteiger partial charge in [0.05, 0.1) is 0 Å². The molecule has 0 saturated heterocycles. The Balaban J connectivity index is 3.43. The minimum absolute atomic E-state index is 0.513. The fourth-order valence-corrected chi connectivity index (χ4v) is 1.73. The molecule has 0 atom stereocenters. The SMILES string of the molecule is CCO[Si](C)(O)OCC. The van der Waals surface area contributed by atoms with E-state index in [1.807, 2.05) is 13.8 Å². The summed E-state index contributed by atoms with van der Waals surface area (Å²) in [7, 11) is -2.70. The normalized spacial score (nSPS) is 12.0. The molecule has 9 heavy (non-hydrogen) atoms. The average molecular weight is 150 g/mol. The Hall–Kier alpha value is 0.0969. The number of hydrogen-bond acceptors (Lipinski definition) is 3. The minimum atomic E-state index is -2.70. The maximum atomic E-state index is 9.21. The van der Waals surface area contributed by atoms with Crippen LogP contribution in [-0.4, -0.2) is 26.8 Å². The van der Waals surface area contributed by atoms with Crippen LogP contribution < -0.4 is 0 Å². The Kier molecular flexibility index (Phi) is 4.04. The summed E-state index contributed by atoms with van der Waals surface area (Å²) in [5, 5.41) is 0. The highest BCUT2D eigenvalue weighted by Gasteiger charge is 2.27. The molecule has 0 unspecified atom stereocenters. The molecule has 0 heterocycles. The van der Waals surface area contributed by atoms with Crippen molar-refractivity contribution in [3.63, 3.8) is 0 Å². The second kappa shape index (κ2) is 4.00. The Morgan fingerprint density at radius 2 is 1.56 bits per heavy atom. The zero-order valence-corrected chi connectivity index (χ0v) is 7.18. The smallest absolute Gasteiger partial charge is 0.390 e. The first-order chi connectivity index (χ1) is 4.12. The van der Waals surface area contributed by atoms with Crippen molar-refractivity contribution in [1.82, 2.24) is 0 Å². The number of hydrogen-bond donors (Lipinski definition) is 1. The summed E-state index contributed by atoms with van der Waals surface area (Å²) in [6.45, 7) is 6.30. The predicted molar refractivity (Wildman–Crippen MR) is 37.1 cm³/mol. The van der Waals surface area contributed by atoms with Crippen LogP contribution in [0.5, 0.6) is 0 Å². The van der Waals surface area contributed by atoms with Crippen molar-refractivity contribution in [2.24, 2.45) is 0 Å². The third kappa shape index (κ3) is 4.59. The van der Waals surface area contributed by atoms with Crippen molar-refractivity contribution < 1.29 is 13.6 Å². The van der Waals surface area contributed by atoms with Gasteiger partial charge in [0.15, 0.2) is 0 Å². The van der Waals surface area contributed by atoms with Gasteiger partial charge in [0.25, 0.3) is 0 Å². The molecule has 0 aliphatic carbocycles.